The van der Waals surface area contributed by atoms with Crippen LogP contribution in [0.25, 0.3) is 0 Å². The molecule has 0 spiro atoms. The van der Waals surface area contributed by atoms with Gasteiger partial charge in [0.25, 0.3) is 0 Å². The molecule has 0 aromatic heterocycles. The molecule has 0 radical (unpaired) electrons. The summed E-state index contributed by atoms with van der Waals surface area (Å²) in [4.78, 5) is 2.30. The summed E-state index contributed by atoms with van der Waals surface area (Å²) in [7, 11) is 1.58. The lowest BCUT2D eigenvalue weighted by Gasteiger charge is -2.29. The largest absolute Gasteiger partial charge is 0.300 e. The average Bonchev–Trinajstić information content (AvgIpc) is 2.06. The Bertz CT molecular complexity index is 171. The zero-order valence-corrected chi connectivity index (χ0v) is 8.48. The molecule has 12 heavy (non-hydrogen) atoms. The van der Waals surface area contributed by atoms with E-state index in [0.717, 1.165) is 30.9 Å². The van der Waals surface area contributed by atoms with Gasteiger partial charge in [-0.3, -0.25) is 9.11 Å². The predicted octanol–water partition coefficient (Wildman–Crippen LogP) is 1.02. The predicted molar refractivity (Wildman–Crippen MR) is 53.7 cm³/mol. The Morgan fingerprint density at radius 1 is 1.58 bits per heavy atom. The van der Waals surface area contributed by atoms with Crippen LogP contribution in [0.15, 0.2) is 12.7 Å². The van der Waals surface area contributed by atoms with Crippen LogP contribution in [0.2, 0.25) is 0 Å². The standard InChI is InChI=1S/C9H17NOS/c1-3-6-10(2)9-4-7-12(11)8-5-9/h3,9H,1,4-8H2,2H3. The van der Waals surface area contributed by atoms with Crippen LogP contribution in [-0.4, -0.2) is 40.2 Å². The van der Waals surface area contributed by atoms with E-state index in [4.69, 9.17) is 0 Å². The van der Waals surface area contributed by atoms with Crippen molar-refractivity contribution in [3.05, 3.63) is 12.7 Å². The highest BCUT2D eigenvalue weighted by molar-refractivity contribution is 7.85. The highest BCUT2D eigenvalue weighted by atomic mass is 32.2. The lowest BCUT2D eigenvalue weighted by atomic mass is 10.1. The summed E-state index contributed by atoms with van der Waals surface area (Å²) < 4.78 is 11.1. The lowest BCUT2D eigenvalue weighted by molar-refractivity contribution is 0.251. The molecule has 1 rings (SSSR count). The second-order valence-corrected chi connectivity index (χ2v) is 5.00. The van der Waals surface area contributed by atoms with Gasteiger partial charge in [-0.05, 0) is 19.9 Å². The minimum Gasteiger partial charge on any atom is -0.300 e. The number of nitrogens with zero attached hydrogens (tertiary/aromatic N) is 1. The maximum Gasteiger partial charge on any atom is 0.0249 e. The third-order valence-corrected chi connectivity index (χ3v) is 3.78. The second-order valence-electron chi connectivity index (χ2n) is 3.31. The minimum absolute atomic E-state index is 0.534. The summed E-state index contributed by atoms with van der Waals surface area (Å²) in [5.74, 6) is 1.76. The Morgan fingerprint density at radius 2 is 2.17 bits per heavy atom. The molecule has 3 heteroatoms. The van der Waals surface area contributed by atoms with Crippen LogP contribution in [0.4, 0.5) is 0 Å². The quantitative estimate of drug-likeness (QED) is 0.615. The Hall–Kier alpha value is -0.150. The van der Waals surface area contributed by atoms with E-state index < -0.39 is 10.8 Å². The second kappa shape index (κ2) is 4.77. The molecule has 1 aliphatic heterocycles. The van der Waals surface area contributed by atoms with E-state index in [1.54, 1.807) is 0 Å². The van der Waals surface area contributed by atoms with E-state index in [1.807, 2.05) is 6.08 Å². The van der Waals surface area contributed by atoms with Gasteiger partial charge in [0.15, 0.2) is 0 Å². The zero-order chi connectivity index (χ0) is 8.97. The Morgan fingerprint density at radius 3 is 2.67 bits per heavy atom. The molecule has 2 nitrogen and oxygen atoms in total. The van der Waals surface area contributed by atoms with E-state index in [0.29, 0.717) is 6.04 Å². The summed E-state index contributed by atoms with van der Waals surface area (Å²) >= 11 is 0. The van der Waals surface area contributed by atoms with E-state index in [9.17, 15) is 4.21 Å². The average molecular weight is 187 g/mol. The van der Waals surface area contributed by atoms with Gasteiger partial charge in [0.1, 0.15) is 0 Å². The van der Waals surface area contributed by atoms with Gasteiger partial charge < -0.3 is 0 Å². The van der Waals surface area contributed by atoms with Gasteiger partial charge in [-0.1, -0.05) is 6.08 Å². The van der Waals surface area contributed by atoms with Crippen molar-refractivity contribution >= 4 is 10.8 Å². The fraction of sp³-hybridized carbons (Fsp3) is 0.778. The van der Waals surface area contributed by atoms with E-state index in [1.165, 1.54) is 0 Å². The minimum atomic E-state index is -0.534. The van der Waals surface area contributed by atoms with Crippen LogP contribution >= 0.6 is 0 Å². The van der Waals surface area contributed by atoms with Crippen LogP contribution in [0.5, 0.6) is 0 Å². The molecule has 1 fully saturated rings. The van der Waals surface area contributed by atoms with E-state index in [2.05, 4.69) is 18.5 Å². The van der Waals surface area contributed by atoms with Crippen molar-refractivity contribution in [3.8, 4) is 0 Å². The normalized spacial score (nSPS) is 30.5. The summed E-state index contributed by atoms with van der Waals surface area (Å²) in [6.45, 7) is 4.65. The molecule has 0 atom stereocenters. The van der Waals surface area contributed by atoms with Crippen LogP contribution < -0.4 is 0 Å². The molecule has 0 bridgehead atoms. The first-order valence-electron chi connectivity index (χ1n) is 4.40. The topological polar surface area (TPSA) is 20.3 Å². The fourth-order valence-electron chi connectivity index (χ4n) is 1.57. The first kappa shape index (κ1) is 9.93. The Balaban J connectivity index is 2.33. The zero-order valence-electron chi connectivity index (χ0n) is 7.66. The lowest BCUT2D eigenvalue weighted by Crippen LogP contribution is -2.37. The molecular weight excluding hydrogens is 170 g/mol. The number of rotatable bonds is 3. The van der Waals surface area contributed by atoms with Crippen molar-refractivity contribution in [2.45, 2.75) is 18.9 Å². The Kier molecular flexibility index (Phi) is 3.95. The number of likely N-dealkylation sites (N-methyl/N-ethyl adjacent to an activating group) is 1. The van der Waals surface area contributed by atoms with Gasteiger partial charge in [0.05, 0.1) is 0 Å². The summed E-state index contributed by atoms with van der Waals surface area (Å²) in [6, 6.07) is 0.626. The van der Waals surface area contributed by atoms with Gasteiger partial charge in [-0.25, -0.2) is 0 Å². The van der Waals surface area contributed by atoms with Crippen molar-refractivity contribution in [2.24, 2.45) is 0 Å². The molecule has 1 aliphatic rings. The van der Waals surface area contributed by atoms with Gasteiger partial charge in [-0.15, -0.1) is 6.58 Å². The van der Waals surface area contributed by atoms with Crippen molar-refractivity contribution in [3.63, 3.8) is 0 Å². The fourth-order valence-corrected chi connectivity index (χ4v) is 2.85. The maximum atomic E-state index is 11.1. The van der Waals surface area contributed by atoms with Crippen LogP contribution in [-0.2, 0) is 10.8 Å². The molecule has 1 heterocycles. The third-order valence-electron chi connectivity index (χ3n) is 2.40. The number of hydrogen-bond donors (Lipinski definition) is 0. The highest BCUT2D eigenvalue weighted by Crippen LogP contribution is 2.14. The molecular formula is C9H17NOS. The van der Waals surface area contributed by atoms with Crippen LogP contribution in [0.3, 0.4) is 0 Å². The Labute approximate surface area is 77.1 Å². The number of hydrogen-bond acceptors (Lipinski definition) is 2. The van der Waals surface area contributed by atoms with Gasteiger partial charge in [0, 0.05) is 34.9 Å². The molecule has 0 amide bonds. The van der Waals surface area contributed by atoms with E-state index in [-0.39, 0.29) is 0 Å². The third kappa shape index (κ3) is 2.72. The molecule has 0 aliphatic carbocycles. The molecule has 0 aromatic rings. The van der Waals surface area contributed by atoms with Gasteiger partial charge in [-0.2, -0.15) is 0 Å². The smallest absolute Gasteiger partial charge is 0.0249 e. The molecule has 70 valence electrons. The molecule has 0 aromatic carbocycles. The van der Waals surface area contributed by atoms with Crippen molar-refractivity contribution in [1.29, 1.82) is 0 Å². The monoisotopic (exact) mass is 187 g/mol. The summed E-state index contributed by atoms with van der Waals surface area (Å²) in [6.07, 6.45) is 4.08. The van der Waals surface area contributed by atoms with Crippen LogP contribution in [0, 0.1) is 0 Å². The summed E-state index contributed by atoms with van der Waals surface area (Å²) in [5.41, 5.74) is 0. The molecule has 0 saturated carbocycles. The van der Waals surface area contributed by atoms with Crippen molar-refractivity contribution < 1.29 is 4.21 Å². The first-order valence-corrected chi connectivity index (χ1v) is 5.89. The summed E-state index contributed by atoms with van der Waals surface area (Å²) in [5, 5.41) is 0. The first-order chi connectivity index (χ1) is 5.74. The molecule has 0 unspecified atom stereocenters. The molecule has 1 saturated heterocycles. The molecule has 0 N–H and O–H groups in total. The van der Waals surface area contributed by atoms with Gasteiger partial charge >= 0.3 is 0 Å². The SMILES string of the molecule is C=CCN(C)C1CCS(=O)CC1. The van der Waals surface area contributed by atoms with Crippen LogP contribution in [0.1, 0.15) is 12.8 Å². The van der Waals surface area contributed by atoms with Crippen molar-refractivity contribution in [2.75, 3.05) is 25.1 Å². The van der Waals surface area contributed by atoms with Gasteiger partial charge in [0.2, 0.25) is 0 Å². The van der Waals surface area contributed by atoms with E-state index >= 15 is 0 Å². The van der Waals surface area contributed by atoms with Crippen molar-refractivity contribution in [1.82, 2.24) is 4.90 Å². The highest BCUT2D eigenvalue weighted by Gasteiger charge is 2.20. The maximum absolute atomic E-state index is 11.1.